The van der Waals surface area contributed by atoms with Crippen molar-refractivity contribution in [1.29, 1.82) is 0 Å². The van der Waals surface area contributed by atoms with Gasteiger partial charge in [-0.3, -0.25) is 5.10 Å². The van der Waals surface area contributed by atoms with Crippen LogP contribution < -0.4 is 0 Å². The molecule has 0 saturated carbocycles. The smallest absolute Gasteiger partial charge is 0.332 e. The van der Waals surface area contributed by atoms with E-state index in [0.29, 0.717) is 41.8 Å². The van der Waals surface area contributed by atoms with E-state index in [4.69, 9.17) is 14.5 Å². The third-order valence-electron chi connectivity index (χ3n) is 6.65. The molecule has 4 aromatic rings. The fraction of sp³-hybridized carbons (Fsp3) is 0.400. The first-order valence-electron chi connectivity index (χ1n) is 11.4. The molecule has 2 N–H and O–H groups in total. The standard InChI is InChI=1S/C25H26F2N4O4/c1-25(2,12-34-3)22-20(13-4-7-19(24(32)33)35-11-13)21-18(8-14-10-28-30-23(14)29-21)31(22)15-5-6-16(26)17(27)9-15/h5-6,8-10,13,19H,4,7,11-12H2,1-3H3,(H,32,33)(H,28,29,30)/t13-,19?/m1/s1. The number of aromatic nitrogens is 4. The maximum Gasteiger partial charge on any atom is 0.332 e. The van der Waals surface area contributed by atoms with Crippen LogP contribution in [0.2, 0.25) is 0 Å². The van der Waals surface area contributed by atoms with Gasteiger partial charge in [-0.25, -0.2) is 18.6 Å². The highest BCUT2D eigenvalue weighted by Crippen LogP contribution is 2.44. The van der Waals surface area contributed by atoms with E-state index in [1.165, 1.54) is 12.1 Å². The normalized spacial score (nSPS) is 19.0. The molecule has 4 heterocycles. The van der Waals surface area contributed by atoms with E-state index in [2.05, 4.69) is 10.2 Å². The minimum absolute atomic E-state index is 0.154. The Bertz CT molecular complexity index is 1420. The van der Waals surface area contributed by atoms with Crippen LogP contribution in [0.3, 0.4) is 0 Å². The Labute approximate surface area is 199 Å². The van der Waals surface area contributed by atoms with Crippen LogP contribution in [0.4, 0.5) is 8.78 Å². The van der Waals surface area contributed by atoms with Crippen LogP contribution in [-0.2, 0) is 19.7 Å². The Morgan fingerprint density at radius 1 is 1.29 bits per heavy atom. The second-order valence-corrected chi connectivity index (χ2v) is 9.61. The molecule has 3 aromatic heterocycles. The van der Waals surface area contributed by atoms with Gasteiger partial charge in [0.2, 0.25) is 0 Å². The van der Waals surface area contributed by atoms with E-state index in [-0.39, 0.29) is 12.5 Å². The lowest BCUT2D eigenvalue weighted by Gasteiger charge is -2.32. The monoisotopic (exact) mass is 484 g/mol. The Kier molecular flexibility index (Phi) is 5.80. The molecule has 0 aliphatic carbocycles. The van der Waals surface area contributed by atoms with E-state index >= 15 is 0 Å². The average molecular weight is 485 g/mol. The molecule has 0 radical (unpaired) electrons. The molecular weight excluding hydrogens is 458 g/mol. The Balaban J connectivity index is 1.83. The topological polar surface area (TPSA) is 102 Å². The first-order chi connectivity index (χ1) is 16.7. The number of aromatic amines is 1. The van der Waals surface area contributed by atoms with Gasteiger partial charge >= 0.3 is 5.97 Å². The van der Waals surface area contributed by atoms with Crippen molar-refractivity contribution >= 4 is 28.0 Å². The van der Waals surface area contributed by atoms with Crippen LogP contribution in [0.1, 0.15) is 43.9 Å². The quantitative estimate of drug-likeness (QED) is 0.419. The van der Waals surface area contributed by atoms with Crippen molar-refractivity contribution in [3.05, 3.63) is 53.4 Å². The van der Waals surface area contributed by atoms with Crippen LogP contribution in [0.5, 0.6) is 0 Å². The molecular formula is C25H26F2N4O4. The maximum absolute atomic E-state index is 14.4. The van der Waals surface area contributed by atoms with Crippen molar-refractivity contribution < 1.29 is 28.2 Å². The number of methoxy groups -OCH3 is 1. The van der Waals surface area contributed by atoms with Gasteiger partial charge in [-0.1, -0.05) is 13.8 Å². The van der Waals surface area contributed by atoms with Gasteiger partial charge in [0.25, 0.3) is 0 Å². The minimum Gasteiger partial charge on any atom is -0.479 e. The highest BCUT2D eigenvalue weighted by Gasteiger charge is 2.38. The lowest BCUT2D eigenvalue weighted by atomic mass is 9.81. The van der Waals surface area contributed by atoms with Crippen molar-refractivity contribution in [2.75, 3.05) is 20.3 Å². The third-order valence-corrected chi connectivity index (χ3v) is 6.65. The second kappa shape index (κ2) is 8.69. The number of halogens is 2. The summed E-state index contributed by atoms with van der Waals surface area (Å²) in [6.07, 6.45) is 1.74. The summed E-state index contributed by atoms with van der Waals surface area (Å²) in [6.45, 7) is 4.58. The van der Waals surface area contributed by atoms with Gasteiger partial charge in [-0.05, 0) is 31.0 Å². The number of carboxylic acid groups (broad SMARTS) is 1. The number of hydrogen-bond acceptors (Lipinski definition) is 5. The fourth-order valence-corrected chi connectivity index (χ4v) is 5.14. The number of aliphatic carboxylic acids is 1. The molecule has 1 aliphatic rings. The lowest BCUT2D eigenvalue weighted by molar-refractivity contribution is -0.153. The molecule has 0 spiro atoms. The number of ether oxygens (including phenoxy) is 2. The van der Waals surface area contributed by atoms with Gasteiger partial charge < -0.3 is 19.1 Å². The van der Waals surface area contributed by atoms with E-state index in [0.717, 1.165) is 22.7 Å². The summed E-state index contributed by atoms with van der Waals surface area (Å²) in [4.78, 5) is 16.3. The van der Waals surface area contributed by atoms with Gasteiger partial charge in [0, 0.05) is 46.8 Å². The van der Waals surface area contributed by atoms with Crippen molar-refractivity contribution in [3.63, 3.8) is 0 Å². The highest BCUT2D eigenvalue weighted by molar-refractivity contribution is 5.94. The predicted molar refractivity (Wildman–Crippen MR) is 125 cm³/mol. The molecule has 1 fully saturated rings. The number of hydrogen-bond donors (Lipinski definition) is 2. The molecule has 1 saturated heterocycles. The van der Waals surface area contributed by atoms with Crippen molar-refractivity contribution in [2.45, 2.75) is 44.1 Å². The molecule has 1 aliphatic heterocycles. The summed E-state index contributed by atoms with van der Waals surface area (Å²) in [6, 6.07) is 5.73. The maximum atomic E-state index is 14.4. The molecule has 0 amide bonds. The van der Waals surface area contributed by atoms with Crippen LogP contribution in [-0.4, -0.2) is 57.3 Å². The molecule has 184 valence electrons. The number of benzene rings is 1. The Morgan fingerprint density at radius 2 is 2.09 bits per heavy atom. The van der Waals surface area contributed by atoms with Gasteiger partial charge in [0.1, 0.15) is 0 Å². The minimum atomic E-state index is -0.982. The fourth-order valence-electron chi connectivity index (χ4n) is 5.14. The molecule has 8 nitrogen and oxygen atoms in total. The summed E-state index contributed by atoms with van der Waals surface area (Å²) >= 11 is 0. The van der Waals surface area contributed by atoms with Crippen molar-refractivity contribution in [1.82, 2.24) is 19.7 Å². The van der Waals surface area contributed by atoms with Gasteiger partial charge in [-0.15, -0.1) is 0 Å². The Morgan fingerprint density at radius 3 is 2.74 bits per heavy atom. The van der Waals surface area contributed by atoms with Crippen LogP contribution in [0.15, 0.2) is 30.5 Å². The summed E-state index contributed by atoms with van der Waals surface area (Å²) in [5.74, 6) is -3.02. The van der Waals surface area contributed by atoms with Crippen LogP contribution in [0, 0.1) is 11.6 Å². The molecule has 2 atom stereocenters. The van der Waals surface area contributed by atoms with E-state index < -0.39 is 29.1 Å². The number of pyridine rings is 1. The number of carboxylic acids is 1. The molecule has 5 rings (SSSR count). The number of nitrogens with zero attached hydrogens (tertiary/aromatic N) is 3. The number of fused-ring (bicyclic) bond motifs is 2. The van der Waals surface area contributed by atoms with Crippen molar-refractivity contribution in [2.24, 2.45) is 0 Å². The molecule has 35 heavy (non-hydrogen) atoms. The highest BCUT2D eigenvalue weighted by atomic mass is 19.2. The van der Waals surface area contributed by atoms with Gasteiger partial charge in [-0.2, -0.15) is 5.10 Å². The van der Waals surface area contributed by atoms with Gasteiger partial charge in [0.15, 0.2) is 23.4 Å². The van der Waals surface area contributed by atoms with Crippen molar-refractivity contribution in [3.8, 4) is 5.69 Å². The molecule has 1 aromatic carbocycles. The van der Waals surface area contributed by atoms with Crippen LogP contribution >= 0.6 is 0 Å². The molecule has 0 bridgehead atoms. The third kappa shape index (κ3) is 3.96. The second-order valence-electron chi connectivity index (χ2n) is 9.61. The molecule has 1 unspecified atom stereocenters. The zero-order chi connectivity index (χ0) is 24.9. The summed E-state index contributed by atoms with van der Waals surface area (Å²) in [5.41, 5.74) is 3.57. The zero-order valence-electron chi connectivity index (χ0n) is 19.6. The molecule has 10 heteroatoms. The van der Waals surface area contributed by atoms with E-state index in [9.17, 15) is 18.7 Å². The lowest BCUT2D eigenvalue weighted by Crippen LogP contribution is -2.33. The van der Waals surface area contributed by atoms with Gasteiger partial charge in [0.05, 0.1) is 30.4 Å². The average Bonchev–Trinajstić information content (AvgIpc) is 3.41. The zero-order valence-corrected chi connectivity index (χ0v) is 19.6. The number of H-pyrrole nitrogens is 1. The predicted octanol–water partition coefficient (Wildman–Crippen LogP) is 4.45. The number of rotatable bonds is 6. The number of carbonyl (C=O) groups is 1. The SMILES string of the molecule is COCC(C)(C)c1c([C@@H]2CCC(C(=O)O)OC2)c2nc3[nH]ncc3cc2n1-c1ccc(F)c(F)c1. The first kappa shape index (κ1) is 23.4. The Hall–Kier alpha value is -3.37. The first-order valence-corrected chi connectivity index (χ1v) is 11.4. The van der Waals surface area contributed by atoms with E-state index in [1.54, 1.807) is 13.3 Å². The van der Waals surface area contributed by atoms with Crippen LogP contribution in [0.25, 0.3) is 27.8 Å². The number of nitrogens with one attached hydrogen (secondary N) is 1. The summed E-state index contributed by atoms with van der Waals surface area (Å²) in [7, 11) is 1.61. The van der Waals surface area contributed by atoms with E-state index in [1.807, 2.05) is 24.5 Å². The summed E-state index contributed by atoms with van der Waals surface area (Å²) in [5, 5.41) is 17.1. The summed E-state index contributed by atoms with van der Waals surface area (Å²) < 4.78 is 41.4. The largest absolute Gasteiger partial charge is 0.479 e.